The fourth-order valence-electron chi connectivity index (χ4n) is 7.22. The van der Waals surface area contributed by atoms with Crippen LogP contribution in [0.2, 0.25) is 0 Å². The van der Waals surface area contributed by atoms with Gasteiger partial charge in [0.25, 0.3) is 0 Å². The first kappa shape index (κ1) is 29.0. The van der Waals surface area contributed by atoms with E-state index in [0.717, 1.165) is 66.8 Å². The molecule has 0 unspecified atom stereocenters. The van der Waals surface area contributed by atoms with Crippen LogP contribution in [0, 0.1) is 0 Å². The predicted molar refractivity (Wildman–Crippen MR) is 210 cm³/mol. The largest absolute Gasteiger partial charge is 0.454 e. The number of nitrogens with zero attached hydrogens (tertiary/aromatic N) is 2. The molecule has 0 saturated heterocycles. The molecule has 51 heavy (non-hydrogen) atoms. The molecular weight excluding hydrogens is 625 g/mol. The van der Waals surface area contributed by atoms with Gasteiger partial charge in [-0.05, 0) is 76.0 Å². The van der Waals surface area contributed by atoms with Crippen LogP contribution in [0.5, 0.6) is 0 Å². The molecule has 0 atom stereocenters. The van der Waals surface area contributed by atoms with Gasteiger partial charge in [0.1, 0.15) is 16.8 Å². The maximum Gasteiger partial charge on any atom is 0.227 e. The molecule has 0 aliphatic rings. The Morgan fingerprint density at radius 2 is 1.10 bits per heavy atom. The van der Waals surface area contributed by atoms with Crippen LogP contribution in [-0.2, 0) is 0 Å². The molecule has 0 N–H and O–H groups in total. The van der Waals surface area contributed by atoms with E-state index in [0.29, 0.717) is 11.5 Å². The molecule has 240 valence electrons. The van der Waals surface area contributed by atoms with Gasteiger partial charge in [-0.25, -0.2) is 4.98 Å². The molecule has 0 aliphatic carbocycles. The van der Waals surface area contributed by atoms with Crippen molar-refractivity contribution in [2.24, 2.45) is 0 Å². The highest BCUT2D eigenvalue weighted by atomic mass is 16.4. The van der Waals surface area contributed by atoms with Crippen LogP contribution >= 0.6 is 0 Å². The number of para-hydroxylation sites is 2. The summed E-state index contributed by atoms with van der Waals surface area (Å²) < 4.78 is 13.6. The van der Waals surface area contributed by atoms with E-state index in [-0.39, 0.29) is 0 Å². The summed E-state index contributed by atoms with van der Waals surface area (Å²) in [5.74, 6) is 0.562. The third kappa shape index (κ3) is 4.96. The second kappa shape index (κ2) is 11.9. The number of hydrogen-bond acceptors (Lipinski definition) is 4. The van der Waals surface area contributed by atoms with Crippen molar-refractivity contribution in [2.75, 3.05) is 4.90 Å². The summed E-state index contributed by atoms with van der Waals surface area (Å²) in [7, 11) is 0. The lowest BCUT2D eigenvalue weighted by atomic mass is 9.99. The van der Waals surface area contributed by atoms with E-state index in [2.05, 4.69) is 132 Å². The Kier molecular flexibility index (Phi) is 6.78. The van der Waals surface area contributed by atoms with Crippen LogP contribution in [0.4, 0.5) is 17.1 Å². The second-order valence-electron chi connectivity index (χ2n) is 12.8. The molecule has 0 fully saturated rings. The smallest absolute Gasteiger partial charge is 0.227 e. The van der Waals surface area contributed by atoms with E-state index in [1.165, 1.54) is 16.3 Å². The summed E-state index contributed by atoms with van der Waals surface area (Å²) in [5, 5.41) is 4.46. The second-order valence-corrected chi connectivity index (χ2v) is 12.8. The zero-order valence-corrected chi connectivity index (χ0v) is 27.5. The molecule has 2 aromatic heterocycles. The van der Waals surface area contributed by atoms with Gasteiger partial charge in [0.2, 0.25) is 5.89 Å². The molecular formula is C47H30N2O2. The maximum absolute atomic E-state index is 6.78. The van der Waals surface area contributed by atoms with Crippen LogP contribution in [0.1, 0.15) is 0 Å². The summed E-state index contributed by atoms with van der Waals surface area (Å²) in [4.78, 5) is 7.35. The summed E-state index contributed by atoms with van der Waals surface area (Å²) >= 11 is 0. The van der Waals surface area contributed by atoms with Crippen LogP contribution in [0.3, 0.4) is 0 Å². The summed E-state index contributed by atoms with van der Waals surface area (Å²) in [6.45, 7) is 0. The number of aromatic nitrogens is 1. The van der Waals surface area contributed by atoms with E-state index in [9.17, 15) is 0 Å². The zero-order chi connectivity index (χ0) is 33.7. The average molecular weight is 655 g/mol. The van der Waals surface area contributed by atoms with E-state index < -0.39 is 0 Å². The van der Waals surface area contributed by atoms with Crippen LogP contribution in [-0.4, -0.2) is 4.98 Å². The highest BCUT2D eigenvalue weighted by Crippen LogP contribution is 2.49. The van der Waals surface area contributed by atoms with Gasteiger partial charge in [-0.3, -0.25) is 0 Å². The minimum Gasteiger partial charge on any atom is -0.454 e. The third-order valence-corrected chi connectivity index (χ3v) is 9.68. The van der Waals surface area contributed by atoms with Crippen molar-refractivity contribution in [1.29, 1.82) is 0 Å². The number of fused-ring (bicyclic) bond motifs is 5. The Bertz CT molecular complexity index is 2850. The van der Waals surface area contributed by atoms with Crippen molar-refractivity contribution in [3.8, 4) is 33.7 Å². The van der Waals surface area contributed by atoms with Gasteiger partial charge in [0.15, 0.2) is 11.2 Å². The summed E-state index contributed by atoms with van der Waals surface area (Å²) in [5.41, 5.74) is 11.1. The molecule has 0 aliphatic heterocycles. The Balaban J connectivity index is 1.26. The quantitative estimate of drug-likeness (QED) is 0.179. The van der Waals surface area contributed by atoms with E-state index in [1.807, 2.05) is 54.6 Å². The minimum atomic E-state index is 0.562. The maximum atomic E-state index is 6.78. The van der Waals surface area contributed by atoms with Gasteiger partial charge in [0, 0.05) is 27.6 Å². The lowest BCUT2D eigenvalue weighted by molar-refractivity contribution is 0.618. The fraction of sp³-hybridized carbons (Fsp3) is 0. The highest BCUT2D eigenvalue weighted by Gasteiger charge is 2.28. The highest BCUT2D eigenvalue weighted by molar-refractivity contribution is 6.18. The zero-order valence-electron chi connectivity index (χ0n) is 27.5. The van der Waals surface area contributed by atoms with Gasteiger partial charge in [-0.15, -0.1) is 0 Å². The SMILES string of the molecule is c1ccc(-c2nc3cc4c(oc5ccccc54)c(N(c4ccc(-c5ccc6ccccc6c5)cc4)c4ccccc4-c4ccccc4)c3o2)cc1. The van der Waals surface area contributed by atoms with Gasteiger partial charge < -0.3 is 13.7 Å². The molecule has 10 rings (SSSR count). The third-order valence-electron chi connectivity index (χ3n) is 9.68. The number of anilines is 3. The van der Waals surface area contributed by atoms with Crippen molar-refractivity contribution >= 4 is 60.9 Å². The first-order valence-electron chi connectivity index (χ1n) is 17.1. The molecule has 0 spiro atoms. The molecule has 4 heteroatoms. The normalized spacial score (nSPS) is 11.5. The van der Waals surface area contributed by atoms with Gasteiger partial charge >= 0.3 is 0 Å². The minimum absolute atomic E-state index is 0.562. The van der Waals surface area contributed by atoms with E-state index in [4.69, 9.17) is 13.8 Å². The van der Waals surface area contributed by atoms with Crippen LogP contribution in [0.15, 0.2) is 191 Å². The molecule has 4 nitrogen and oxygen atoms in total. The van der Waals surface area contributed by atoms with Gasteiger partial charge in [-0.2, -0.15) is 0 Å². The Labute approximate surface area is 294 Å². The first-order chi connectivity index (χ1) is 25.3. The molecule has 2 heterocycles. The lowest BCUT2D eigenvalue weighted by Crippen LogP contribution is -2.12. The topological polar surface area (TPSA) is 42.4 Å². The molecule has 10 aromatic rings. The van der Waals surface area contributed by atoms with Gasteiger partial charge in [0.05, 0.1) is 5.69 Å². The standard InChI is InChI=1S/C47H30N2O2/c1-3-14-33(15-4-1)38-19-9-11-21-42(38)49(37-27-25-32(26-28-37)36-24-23-31-13-7-8-18-35(31)29-36)44-45-40(39-20-10-12-22-43(39)50-45)30-41-46(44)51-47(48-41)34-16-5-2-6-17-34/h1-30H. The van der Waals surface area contributed by atoms with Crippen LogP contribution < -0.4 is 4.90 Å². The molecule has 0 bridgehead atoms. The van der Waals surface area contributed by atoms with Crippen molar-refractivity contribution in [3.05, 3.63) is 182 Å². The molecule has 0 amide bonds. The monoisotopic (exact) mass is 654 g/mol. The predicted octanol–water partition coefficient (Wildman–Crippen LogP) is 13.4. The van der Waals surface area contributed by atoms with Crippen molar-refractivity contribution in [3.63, 3.8) is 0 Å². The van der Waals surface area contributed by atoms with Crippen molar-refractivity contribution in [1.82, 2.24) is 4.98 Å². The first-order valence-corrected chi connectivity index (χ1v) is 17.1. The van der Waals surface area contributed by atoms with E-state index >= 15 is 0 Å². The molecule has 8 aromatic carbocycles. The van der Waals surface area contributed by atoms with Crippen molar-refractivity contribution < 1.29 is 8.83 Å². The number of furan rings is 1. The Morgan fingerprint density at radius 3 is 1.92 bits per heavy atom. The number of benzene rings is 8. The van der Waals surface area contributed by atoms with Crippen molar-refractivity contribution in [2.45, 2.75) is 0 Å². The number of hydrogen-bond donors (Lipinski definition) is 0. The lowest BCUT2D eigenvalue weighted by Gasteiger charge is -2.28. The van der Waals surface area contributed by atoms with Gasteiger partial charge in [-0.1, -0.05) is 133 Å². The number of oxazole rings is 1. The molecule has 0 saturated carbocycles. The molecule has 0 radical (unpaired) electrons. The Hall–Kier alpha value is -6.91. The average Bonchev–Trinajstić information content (AvgIpc) is 3.80. The Morgan fingerprint density at radius 1 is 0.431 bits per heavy atom. The fourth-order valence-corrected chi connectivity index (χ4v) is 7.22. The van der Waals surface area contributed by atoms with Crippen LogP contribution in [0.25, 0.3) is 77.5 Å². The summed E-state index contributed by atoms with van der Waals surface area (Å²) in [6.07, 6.45) is 0. The summed E-state index contributed by atoms with van der Waals surface area (Å²) in [6, 6.07) is 63.3. The van der Waals surface area contributed by atoms with E-state index in [1.54, 1.807) is 0 Å². The number of rotatable bonds is 6.